The molecule has 4 aromatic rings. The van der Waals surface area contributed by atoms with E-state index >= 15 is 0 Å². The highest BCUT2D eigenvalue weighted by Gasteiger charge is 2.24. The van der Waals surface area contributed by atoms with Crippen molar-refractivity contribution in [1.29, 1.82) is 0 Å². The van der Waals surface area contributed by atoms with E-state index in [0.29, 0.717) is 14.9 Å². The zero-order chi connectivity index (χ0) is 27.4. The fourth-order valence-electron chi connectivity index (χ4n) is 3.70. The fourth-order valence-corrected chi connectivity index (χ4v) is 4.15. The van der Waals surface area contributed by atoms with Gasteiger partial charge in [0.25, 0.3) is 11.5 Å². The first-order chi connectivity index (χ1) is 18.2. The van der Waals surface area contributed by atoms with E-state index in [-0.39, 0.29) is 35.1 Å². The lowest BCUT2D eigenvalue weighted by Gasteiger charge is -2.20. The van der Waals surface area contributed by atoms with Gasteiger partial charge in [-0.3, -0.25) is 14.2 Å². The lowest BCUT2D eigenvalue weighted by atomic mass is 10.1. The van der Waals surface area contributed by atoms with Gasteiger partial charge in [-0.1, -0.05) is 12.1 Å². The summed E-state index contributed by atoms with van der Waals surface area (Å²) in [5.74, 6) is -0.685. The van der Waals surface area contributed by atoms with Crippen LogP contribution in [0.15, 0.2) is 71.5 Å². The topological polar surface area (TPSA) is 81.6 Å². The molecule has 0 aliphatic carbocycles. The summed E-state index contributed by atoms with van der Waals surface area (Å²) in [6.45, 7) is 1.81. The zero-order valence-electron chi connectivity index (χ0n) is 20.8. The molecule has 0 aliphatic rings. The number of pyridine rings is 1. The predicted octanol–water partition coefficient (Wildman–Crippen LogP) is 6.05. The molecule has 0 saturated heterocycles. The van der Waals surface area contributed by atoms with Crippen molar-refractivity contribution in [2.24, 2.45) is 7.05 Å². The molecule has 7 nitrogen and oxygen atoms in total. The van der Waals surface area contributed by atoms with Gasteiger partial charge < -0.3 is 20.1 Å². The third-order valence-electron chi connectivity index (χ3n) is 5.78. The molecule has 0 radical (unpaired) electrons. The molecule has 196 valence electrons. The Hall–Kier alpha value is -3.93. The highest BCUT2D eigenvalue weighted by molar-refractivity contribution is 14.1. The Kier molecular flexibility index (Phi) is 8.30. The van der Waals surface area contributed by atoms with E-state index in [1.165, 1.54) is 48.0 Å². The number of aromatic nitrogens is 1. The minimum Gasteiger partial charge on any atom is -0.497 e. The summed E-state index contributed by atoms with van der Waals surface area (Å²) in [5, 5.41) is 5.72. The largest absolute Gasteiger partial charge is 0.497 e. The Labute approximate surface area is 231 Å². The first-order valence-electron chi connectivity index (χ1n) is 11.5. The van der Waals surface area contributed by atoms with Crippen molar-refractivity contribution in [3.8, 4) is 17.2 Å². The number of halogens is 3. The number of benzene rings is 3. The van der Waals surface area contributed by atoms with Gasteiger partial charge in [-0.2, -0.15) is 0 Å². The van der Waals surface area contributed by atoms with Crippen molar-refractivity contribution in [3.63, 3.8) is 0 Å². The number of rotatable bonds is 8. The first kappa shape index (κ1) is 27.1. The molecule has 0 bridgehead atoms. The van der Waals surface area contributed by atoms with Crippen molar-refractivity contribution in [3.05, 3.63) is 109 Å². The molecule has 0 saturated carbocycles. The van der Waals surface area contributed by atoms with Crippen LogP contribution in [0.1, 0.15) is 21.5 Å². The average molecular weight is 631 g/mol. The highest BCUT2D eigenvalue weighted by atomic mass is 127. The molecule has 1 amide bonds. The number of amides is 1. The maximum Gasteiger partial charge on any atom is 0.259 e. The van der Waals surface area contributed by atoms with Crippen LogP contribution in [0.4, 0.5) is 20.3 Å². The van der Waals surface area contributed by atoms with Gasteiger partial charge in [0.15, 0.2) is 0 Å². The summed E-state index contributed by atoms with van der Waals surface area (Å²) in [6, 6.07) is 16.7. The smallest absolute Gasteiger partial charge is 0.259 e. The SMILES string of the molecule is COc1ccc(CNC(=O)c2c(Oc3ccc(F)cc3C)cc(=O)n(C)c2Nc2ccc(I)cc2F)cc1. The summed E-state index contributed by atoms with van der Waals surface area (Å²) < 4.78 is 41.4. The number of nitrogens with zero attached hydrogens (tertiary/aromatic N) is 1. The Morgan fingerprint density at radius 2 is 1.74 bits per heavy atom. The molecule has 10 heteroatoms. The molecule has 0 atom stereocenters. The third kappa shape index (κ3) is 6.13. The molecule has 4 rings (SSSR count). The Morgan fingerprint density at radius 3 is 2.39 bits per heavy atom. The summed E-state index contributed by atoms with van der Waals surface area (Å²) in [6.07, 6.45) is 0. The average Bonchev–Trinajstić information content (AvgIpc) is 2.89. The van der Waals surface area contributed by atoms with Crippen LogP contribution in [0, 0.1) is 22.1 Å². The maximum atomic E-state index is 14.7. The van der Waals surface area contributed by atoms with Crippen LogP contribution >= 0.6 is 22.6 Å². The zero-order valence-corrected chi connectivity index (χ0v) is 22.9. The fraction of sp³-hybridized carbons (Fsp3) is 0.143. The number of ether oxygens (including phenoxy) is 2. The number of methoxy groups -OCH3 is 1. The van der Waals surface area contributed by atoms with Crippen molar-refractivity contribution in [2.45, 2.75) is 13.5 Å². The van der Waals surface area contributed by atoms with E-state index < -0.39 is 23.1 Å². The second-order valence-electron chi connectivity index (χ2n) is 8.42. The summed E-state index contributed by atoms with van der Waals surface area (Å²) in [4.78, 5) is 26.5. The Bertz CT molecular complexity index is 1560. The van der Waals surface area contributed by atoms with E-state index in [9.17, 15) is 18.4 Å². The molecule has 0 fully saturated rings. The van der Waals surface area contributed by atoms with E-state index in [2.05, 4.69) is 10.6 Å². The summed E-state index contributed by atoms with van der Waals surface area (Å²) >= 11 is 1.98. The molecule has 3 aromatic carbocycles. The standard InChI is InChI=1S/C28H24F2IN3O4/c1-16-12-18(29)6-11-23(16)38-24-14-25(35)34(2)27(33-22-10-7-19(31)13-21(22)30)26(24)28(36)32-15-17-4-8-20(37-3)9-5-17/h4-14,33H,15H2,1-3H3,(H,32,36). The molecule has 0 spiro atoms. The van der Waals surface area contributed by atoms with Gasteiger partial charge in [0.1, 0.15) is 40.3 Å². The molecule has 1 aromatic heterocycles. The molecule has 0 unspecified atom stereocenters. The van der Waals surface area contributed by atoms with Crippen molar-refractivity contribution >= 4 is 40.0 Å². The van der Waals surface area contributed by atoms with Gasteiger partial charge in [0.2, 0.25) is 0 Å². The van der Waals surface area contributed by atoms with E-state index in [0.717, 1.165) is 5.56 Å². The molecular formula is C28H24F2IN3O4. The van der Waals surface area contributed by atoms with Crippen molar-refractivity contribution in [1.82, 2.24) is 9.88 Å². The molecular weight excluding hydrogens is 607 g/mol. The molecule has 38 heavy (non-hydrogen) atoms. The predicted molar refractivity (Wildman–Crippen MR) is 149 cm³/mol. The normalized spacial score (nSPS) is 10.7. The van der Waals surface area contributed by atoms with Crippen LogP contribution in [-0.4, -0.2) is 17.6 Å². The Balaban J connectivity index is 1.78. The number of hydrogen-bond acceptors (Lipinski definition) is 5. The molecule has 1 heterocycles. The van der Waals surface area contributed by atoms with Crippen LogP contribution in [-0.2, 0) is 13.6 Å². The highest BCUT2D eigenvalue weighted by Crippen LogP contribution is 2.33. The van der Waals surface area contributed by atoms with E-state index in [4.69, 9.17) is 9.47 Å². The summed E-state index contributed by atoms with van der Waals surface area (Å²) in [7, 11) is 3.02. The van der Waals surface area contributed by atoms with Gasteiger partial charge in [0, 0.05) is 23.2 Å². The second-order valence-corrected chi connectivity index (χ2v) is 9.67. The van der Waals surface area contributed by atoms with Crippen LogP contribution in [0.2, 0.25) is 0 Å². The maximum absolute atomic E-state index is 14.7. The van der Waals surface area contributed by atoms with E-state index in [1.807, 2.05) is 22.6 Å². The molecule has 2 N–H and O–H groups in total. The first-order valence-corrected chi connectivity index (χ1v) is 12.6. The number of anilines is 2. The minimum absolute atomic E-state index is 0.0257. The number of hydrogen-bond donors (Lipinski definition) is 2. The van der Waals surface area contributed by atoms with Gasteiger partial charge in [-0.25, -0.2) is 8.78 Å². The van der Waals surface area contributed by atoms with Gasteiger partial charge in [0.05, 0.1) is 12.8 Å². The number of carbonyl (C=O) groups is 1. The lowest BCUT2D eigenvalue weighted by Crippen LogP contribution is -2.29. The quantitative estimate of drug-likeness (QED) is 0.232. The van der Waals surface area contributed by atoms with E-state index in [1.54, 1.807) is 44.4 Å². The lowest BCUT2D eigenvalue weighted by molar-refractivity contribution is 0.0948. The second kappa shape index (κ2) is 11.6. The minimum atomic E-state index is -0.570. The molecule has 0 aliphatic heterocycles. The Morgan fingerprint density at radius 1 is 1.00 bits per heavy atom. The van der Waals surface area contributed by atoms with Crippen molar-refractivity contribution in [2.75, 3.05) is 12.4 Å². The van der Waals surface area contributed by atoms with Crippen LogP contribution in [0.5, 0.6) is 17.2 Å². The van der Waals surface area contributed by atoms with Gasteiger partial charge in [-0.05, 0) is 89.2 Å². The monoisotopic (exact) mass is 631 g/mol. The van der Waals surface area contributed by atoms with Gasteiger partial charge in [-0.15, -0.1) is 0 Å². The van der Waals surface area contributed by atoms with Crippen molar-refractivity contribution < 1.29 is 23.0 Å². The number of aryl methyl sites for hydroxylation is 1. The van der Waals surface area contributed by atoms with Crippen LogP contribution < -0.4 is 25.7 Å². The number of carbonyl (C=O) groups excluding carboxylic acids is 1. The third-order valence-corrected chi connectivity index (χ3v) is 6.46. The van der Waals surface area contributed by atoms with Gasteiger partial charge >= 0.3 is 0 Å². The summed E-state index contributed by atoms with van der Waals surface area (Å²) in [5.41, 5.74) is 0.814. The number of nitrogens with one attached hydrogen (secondary N) is 2. The van der Waals surface area contributed by atoms with Crippen LogP contribution in [0.25, 0.3) is 0 Å². The van der Waals surface area contributed by atoms with Crippen LogP contribution in [0.3, 0.4) is 0 Å².